The minimum Gasteiger partial charge on any atom is -0.480 e. The molecule has 0 bridgehead atoms. The van der Waals surface area contributed by atoms with E-state index in [4.69, 9.17) is 0 Å². The van der Waals surface area contributed by atoms with E-state index in [-0.39, 0.29) is 6.04 Å². The summed E-state index contributed by atoms with van der Waals surface area (Å²) in [7, 11) is 0. The summed E-state index contributed by atoms with van der Waals surface area (Å²) >= 11 is 0. The average Bonchev–Trinajstić information content (AvgIpc) is 3.55. The summed E-state index contributed by atoms with van der Waals surface area (Å²) < 4.78 is 2.37. The van der Waals surface area contributed by atoms with E-state index in [9.17, 15) is 9.90 Å². The zero-order valence-corrected chi connectivity index (χ0v) is 21.8. The maximum atomic E-state index is 12.5. The fourth-order valence-electron chi connectivity index (χ4n) is 7.48. The number of benzene rings is 2. The molecule has 6 heteroatoms. The molecule has 3 aliphatic rings. The van der Waals surface area contributed by atoms with Crippen molar-refractivity contribution in [1.82, 2.24) is 19.4 Å². The predicted octanol–water partition coefficient (Wildman–Crippen LogP) is 5.42. The molecule has 3 fully saturated rings. The molecule has 37 heavy (non-hydrogen) atoms. The molecule has 2 saturated heterocycles. The summed E-state index contributed by atoms with van der Waals surface area (Å²) in [6, 6.07) is 19.4. The number of imidazole rings is 1. The summed E-state index contributed by atoms with van der Waals surface area (Å²) in [6.45, 7) is 4.96. The molecule has 3 unspecified atom stereocenters. The van der Waals surface area contributed by atoms with Crippen molar-refractivity contribution in [3.8, 4) is 0 Å². The Morgan fingerprint density at radius 3 is 2.41 bits per heavy atom. The van der Waals surface area contributed by atoms with Crippen molar-refractivity contribution >= 4 is 17.0 Å². The van der Waals surface area contributed by atoms with Gasteiger partial charge >= 0.3 is 5.97 Å². The molecule has 3 atom stereocenters. The maximum Gasteiger partial charge on any atom is 0.321 e. The van der Waals surface area contributed by atoms with Crippen LogP contribution in [0.4, 0.5) is 0 Å². The van der Waals surface area contributed by atoms with E-state index in [0.717, 1.165) is 63.9 Å². The normalized spacial score (nSPS) is 25.5. The number of fused-ring (bicyclic) bond motifs is 1. The van der Waals surface area contributed by atoms with Crippen LogP contribution in [0.25, 0.3) is 11.0 Å². The quantitative estimate of drug-likeness (QED) is 0.469. The summed E-state index contributed by atoms with van der Waals surface area (Å²) in [5, 5.41) is 10.3. The second kappa shape index (κ2) is 11.0. The minimum atomic E-state index is -0.618. The van der Waals surface area contributed by atoms with Crippen molar-refractivity contribution in [2.45, 2.75) is 62.9 Å². The van der Waals surface area contributed by atoms with Gasteiger partial charge in [0.1, 0.15) is 6.04 Å². The van der Waals surface area contributed by atoms with E-state index in [0.29, 0.717) is 23.8 Å². The van der Waals surface area contributed by atoms with Gasteiger partial charge in [-0.2, -0.15) is 0 Å². The molecule has 196 valence electrons. The Morgan fingerprint density at radius 1 is 0.919 bits per heavy atom. The molecule has 2 aliphatic heterocycles. The maximum absolute atomic E-state index is 12.5. The number of rotatable bonds is 7. The number of nitrogens with zero attached hydrogens (tertiary/aromatic N) is 4. The Labute approximate surface area is 220 Å². The molecular formula is C31H40N4O2. The highest BCUT2D eigenvalue weighted by Gasteiger charge is 2.43. The fourth-order valence-corrected chi connectivity index (χ4v) is 7.48. The van der Waals surface area contributed by atoms with E-state index < -0.39 is 5.97 Å². The van der Waals surface area contributed by atoms with Gasteiger partial charge in [-0.1, -0.05) is 61.7 Å². The largest absolute Gasteiger partial charge is 0.480 e. The lowest BCUT2D eigenvalue weighted by Crippen LogP contribution is -2.46. The van der Waals surface area contributed by atoms with Crippen molar-refractivity contribution in [2.75, 3.05) is 32.7 Å². The highest BCUT2D eigenvalue weighted by atomic mass is 16.4. The first kappa shape index (κ1) is 24.6. The molecule has 0 spiro atoms. The van der Waals surface area contributed by atoms with Crippen LogP contribution >= 0.6 is 0 Å². The van der Waals surface area contributed by atoms with Gasteiger partial charge in [-0.3, -0.25) is 9.69 Å². The Balaban J connectivity index is 1.15. The zero-order chi connectivity index (χ0) is 25.2. The monoisotopic (exact) mass is 500 g/mol. The van der Waals surface area contributed by atoms with Gasteiger partial charge in [0.2, 0.25) is 0 Å². The number of hydrogen-bond acceptors (Lipinski definition) is 4. The molecule has 6 nitrogen and oxygen atoms in total. The molecule has 6 rings (SSSR count). The third kappa shape index (κ3) is 5.19. The number of carboxylic acid groups (broad SMARTS) is 1. The number of carbonyl (C=O) groups is 1. The van der Waals surface area contributed by atoms with Gasteiger partial charge in [-0.15, -0.1) is 0 Å². The highest BCUT2D eigenvalue weighted by molar-refractivity contribution is 5.75. The predicted molar refractivity (Wildman–Crippen MR) is 147 cm³/mol. The third-order valence-corrected chi connectivity index (χ3v) is 9.36. The average molecular weight is 501 g/mol. The van der Waals surface area contributed by atoms with Crippen molar-refractivity contribution in [3.05, 3.63) is 66.5 Å². The van der Waals surface area contributed by atoms with Crippen molar-refractivity contribution in [3.63, 3.8) is 0 Å². The van der Waals surface area contributed by atoms with Gasteiger partial charge in [0.15, 0.2) is 0 Å². The number of aromatic nitrogens is 2. The van der Waals surface area contributed by atoms with Crippen LogP contribution in [0.3, 0.4) is 0 Å². The van der Waals surface area contributed by atoms with Gasteiger partial charge in [0, 0.05) is 44.7 Å². The van der Waals surface area contributed by atoms with Crippen molar-refractivity contribution < 1.29 is 9.90 Å². The number of hydrogen-bond donors (Lipinski definition) is 1. The van der Waals surface area contributed by atoms with E-state index in [1.54, 1.807) is 0 Å². The molecule has 1 aromatic heterocycles. The molecule has 1 aliphatic carbocycles. The van der Waals surface area contributed by atoms with Crippen LogP contribution in [0, 0.1) is 11.8 Å². The topological polar surface area (TPSA) is 61.6 Å². The first-order chi connectivity index (χ1) is 18.2. The lowest BCUT2D eigenvalue weighted by molar-refractivity contribution is -0.145. The summed E-state index contributed by atoms with van der Waals surface area (Å²) in [4.78, 5) is 22.1. The first-order valence-electron chi connectivity index (χ1n) is 14.3. The summed E-state index contributed by atoms with van der Waals surface area (Å²) in [6.07, 6.45) is 10.0. The van der Waals surface area contributed by atoms with E-state index in [2.05, 4.69) is 73.9 Å². The van der Waals surface area contributed by atoms with Crippen LogP contribution in [0.5, 0.6) is 0 Å². The van der Waals surface area contributed by atoms with Crippen LogP contribution in [0.2, 0.25) is 0 Å². The molecule has 3 aromatic rings. The Kier molecular flexibility index (Phi) is 7.30. The standard InChI is InChI=1S/C31H40N4O2/c36-31(37)30(24-11-5-2-6-12-24)34-20-25(27(21-34)23-9-3-1-4-10-23)19-33-17-15-26(16-18-33)35-22-32-28-13-7-8-14-29(28)35/h1,3-4,7-10,13-14,22,24-27,30H,2,5-6,11-12,15-21H2,(H,36,37). The summed E-state index contributed by atoms with van der Waals surface area (Å²) in [5.41, 5.74) is 3.68. The Bertz CT molecular complexity index is 1180. The third-order valence-electron chi connectivity index (χ3n) is 9.36. The highest BCUT2D eigenvalue weighted by Crippen LogP contribution is 2.39. The van der Waals surface area contributed by atoms with Crippen LogP contribution in [-0.2, 0) is 4.79 Å². The second-order valence-electron chi connectivity index (χ2n) is 11.6. The molecule has 0 radical (unpaired) electrons. The van der Waals surface area contributed by atoms with E-state index in [1.165, 1.54) is 30.3 Å². The minimum absolute atomic E-state index is 0.294. The van der Waals surface area contributed by atoms with Gasteiger partial charge in [0.05, 0.1) is 17.4 Å². The Morgan fingerprint density at radius 2 is 1.65 bits per heavy atom. The first-order valence-corrected chi connectivity index (χ1v) is 14.3. The SMILES string of the molecule is O=C(O)C(C1CCCCC1)N1CC(CN2CCC(n3cnc4ccccc43)CC2)C(c2ccccc2)C1. The lowest BCUT2D eigenvalue weighted by atomic mass is 9.83. The van der Waals surface area contributed by atoms with Crippen LogP contribution < -0.4 is 0 Å². The molecule has 3 heterocycles. The molecule has 1 saturated carbocycles. The number of piperidine rings is 1. The van der Waals surface area contributed by atoms with Gasteiger partial charge in [-0.25, -0.2) is 4.98 Å². The van der Waals surface area contributed by atoms with Crippen molar-refractivity contribution in [2.24, 2.45) is 11.8 Å². The van der Waals surface area contributed by atoms with Crippen LogP contribution in [-0.4, -0.2) is 69.2 Å². The van der Waals surface area contributed by atoms with E-state index >= 15 is 0 Å². The number of likely N-dealkylation sites (tertiary alicyclic amines) is 2. The van der Waals surface area contributed by atoms with Gasteiger partial charge in [-0.05, 0) is 55.2 Å². The van der Waals surface area contributed by atoms with E-state index in [1.807, 2.05) is 6.33 Å². The summed E-state index contributed by atoms with van der Waals surface area (Å²) in [5.74, 6) is 0.523. The van der Waals surface area contributed by atoms with Crippen molar-refractivity contribution in [1.29, 1.82) is 0 Å². The van der Waals surface area contributed by atoms with Crippen LogP contribution in [0.1, 0.15) is 62.5 Å². The second-order valence-corrected chi connectivity index (χ2v) is 11.6. The molecular weight excluding hydrogens is 460 g/mol. The Hall–Kier alpha value is -2.70. The fraction of sp³-hybridized carbons (Fsp3) is 0.548. The number of carboxylic acids is 1. The van der Waals surface area contributed by atoms with Gasteiger partial charge < -0.3 is 14.6 Å². The number of aliphatic carboxylic acids is 1. The number of para-hydroxylation sites is 2. The van der Waals surface area contributed by atoms with Gasteiger partial charge in [0.25, 0.3) is 0 Å². The molecule has 1 N–H and O–H groups in total. The van der Waals surface area contributed by atoms with Crippen LogP contribution in [0.15, 0.2) is 60.9 Å². The smallest absolute Gasteiger partial charge is 0.321 e. The zero-order valence-electron chi connectivity index (χ0n) is 21.8. The lowest BCUT2D eigenvalue weighted by Gasteiger charge is -2.36. The molecule has 2 aromatic carbocycles. The molecule has 0 amide bonds.